The van der Waals surface area contributed by atoms with E-state index in [2.05, 4.69) is 0 Å². The molecule has 3 nitrogen and oxygen atoms in total. The van der Waals surface area contributed by atoms with Gasteiger partial charge >= 0.3 is 0 Å². The predicted octanol–water partition coefficient (Wildman–Crippen LogP) is 1.63. The van der Waals surface area contributed by atoms with Gasteiger partial charge in [-0.15, -0.1) is 0 Å². The second-order valence-electron chi connectivity index (χ2n) is 4.43. The van der Waals surface area contributed by atoms with Gasteiger partial charge in [0.15, 0.2) is 0 Å². The van der Waals surface area contributed by atoms with Gasteiger partial charge in [0.25, 0.3) is 0 Å². The molecule has 0 aliphatic carbocycles. The van der Waals surface area contributed by atoms with Crippen molar-refractivity contribution in [2.45, 2.75) is 19.8 Å². The summed E-state index contributed by atoms with van der Waals surface area (Å²) in [6, 6.07) is 9.93. The molecule has 0 bridgehead atoms. The lowest BCUT2D eigenvalue weighted by Gasteiger charge is -2.29. The molecule has 0 saturated heterocycles. The summed E-state index contributed by atoms with van der Waals surface area (Å²) in [4.78, 5) is 0. The normalized spacial score (nSPS) is 11.7. The molecule has 0 atom stereocenters. The Morgan fingerprint density at radius 3 is 2.29 bits per heavy atom. The summed E-state index contributed by atoms with van der Waals surface area (Å²) < 4.78 is 5.31. The van der Waals surface area contributed by atoms with Crippen molar-refractivity contribution in [1.29, 1.82) is 0 Å². The summed E-state index contributed by atoms with van der Waals surface area (Å²) in [5, 5.41) is 19.0. The minimum atomic E-state index is -0.476. The van der Waals surface area contributed by atoms with Crippen LogP contribution in [-0.2, 0) is 11.2 Å². The van der Waals surface area contributed by atoms with E-state index in [1.165, 1.54) is 0 Å². The standard InChI is InChI=1S/C14H22O3/c1-2-17-9-8-14(11-15,12-16)10-13-6-4-3-5-7-13/h3-7,15-16H,2,8-12H2,1H3. The molecule has 1 rings (SSSR count). The summed E-state index contributed by atoms with van der Waals surface area (Å²) in [6.07, 6.45) is 1.34. The van der Waals surface area contributed by atoms with E-state index in [1.807, 2.05) is 37.3 Å². The van der Waals surface area contributed by atoms with E-state index in [1.54, 1.807) is 0 Å². The van der Waals surface area contributed by atoms with Gasteiger partial charge in [0.2, 0.25) is 0 Å². The topological polar surface area (TPSA) is 49.7 Å². The first kappa shape index (κ1) is 14.2. The molecule has 3 heteroatoms. The maximum Gasteiger partial charge on any atom is 0.0513 e. The van der Waals surface area contributed by atoms with Gasteiger partial charge in [-0.25, -0.2) is 0 Å². The number of aliphatic hydroxyl groups excluding tert-OH is 2. The van der Waals surface area contributed by atoms with Crippen molar-refractivity contribution in [2.24, 2.45) is 5.41 Å². The quantitative estimate of drug-likeness (QED) is 0.677. The number of aliphatic hydroxyl groups is 2. The summed E-state index contributed by atoms with van der Waals surface area (Å²) >= 11 is 0. The molecular formula is C14H22O3. The lowest BCUT2D eigenvalue weighted by molar-refractivity contribution is 0.0181. The molecule has 1 aromatic rings. The Labute approximate surface area is 103 Å². The van der Waals surface area contributed by atoms with Gasteiger partial charge in [-0.3, -0.25) is 0 Å². The van der Waals surface area contributed by atoms with E-state index in [9.17, 15) is 10.2 Å². The Hall–Kier alpha value is -0.900. The second kappa shape index (κ2) is 7.43. The largest absolute Gasteiger partial charge is 0.396 e. The van der Waals surface area contributed by atoms with Crippen molar-refractivity contribution in [2.75, 3.05) is 26.4 Å². The van der Waals surface area contributed by atoms with Crippen molar-refractivity contribution in [3.63, 3.8) is 0 Å². The zero-order chi connectivity index (χ0) is 12.6. The molecule has 0 amide bonds. The van der Waals surface area contributed by atoms with Gasteiger partial charge in [-0.1, -0.05) is 30.3 Å². The smallest absolute Gasteiger partial charge is 0.0513 e. The van der Waals surface area contributed by atoms with Gasteiger partial charge in [0, 0.05) is 18.6 Å². The first-order valence-corrected chi connectivity index (χ1v) is 6.10. The molecule has 0 unspecified atom stereocenters. The molecule has 0 aliphatic rings. The van der Waals surface area contributed by atoms with E-state index in [0.717, 1.165) is 5.56 Å². The van der Waals surface area contributed by atoms with E-state index in [0.29, 0.717) is 26.1 Å². The van der Waals surface area contributed by atoms with Crippen LogP contribution in [0.15, 0.2) is 30.3 Å². The molecule has 0 heterocycles. The highest BCUT2D eigenvalue weighted by molar-refractivity contribution is 5.16. The van der Waals surface area contributed by atoms with Crippen LogP contribution in [0.4, 0.5) is 0 Å². The molecule has 1 aromatic carbocycles. The number of hydrogen-bond acceptors (Lipinski definition) is 3. The molecule has 0 fully saturated rings. The van der Waals surface area contributed by atoms with Gasteiger partial charge in [-0.05, 0) is 25.3 Å². The molecule has 96 valence electrons. The molecule has 2 N–H and O–H groups in total. The van der Waals surface area contributed by atoms with Crippen LogP contribution >= 0.6 is 0 Å². The van der Waals surface area contributed by atoms with Crippen molar-refractivity contribution in [1.82, 2.24) is 0 Å². The Kier molecular flexibility index (Phi) is 6.19. The van der Waals surface area contributed by atoms with Crippen molar-refractivity contribution < 1.29 is 14.9 Å². The molecular weight excluding hydrogens is 216 g/mol. The fourth-order valence-electron chi connectivity index (χ4n) is 1.87. The first-order valence-electron chi connectivity index (χ1n) is 6.10. The fourth-order valence-corrected chi connectivity index (χ4v) is 1.87. The molecule has 17 heavy (non-hydrogen) atoms. The van der Waals surface area contributed by atoms with Crippen molar-refractivity contribution in [3.8, 4) is 0 Å². The van der Waals surface area contributed by atoms with Crippen LogP contribution in [0.25, 0.3) is 0 Å². The molecule has 0 spiro atoms. The number of rotatable bonds is 8. The molecule has 0 radical (unpaired) electrons. The number of ether oxygens (including phenoxy) is 1. The monoisotopic (exact) mass is 238 g/mol. The Balaban J connectivity index is 2.63. The van der Waals surface area contributed by atoms with Crippen LogP contribution in [0.5, 0.6) is 0 Å². The van der Waals surface area contributed by atoms with Crippen LogP contribution in [0, 0.1) is 5.41 Å². The molecule has 0 aliphatic heterocycles. The van der Waals surface area contributed by atoms with E-state index in [4.69, 9.17) is 4.74 Å². The summed E-state index contributed by atoms with van der Waals surface area (Å²) in [5.74, 6) is 0. The van der Waals surface area contributed by atoms with Crippen molar-refractivity contribution in [3.05, 3.63) is 35.9 Å². The molecule has 0 aromatic heterocycles. The van der Waals surface area contributed by atoms with E-state index >= 15 is 0 Å². The SMILES string of the molecule is CCOCCC(CO)(CO)Cc1ccccc1. The van der Waals surface area contributed by atoms with Gasteiger partial charge in [0.05, 0.1) is 13.2 Å². The highest BCUT2D eigenvalue weighted by Crippen LogP contribution is 2.26. The zero-order valence-electron chi connectivity index (χ0n) is 10.4. The minimum absolute atomic E-state index is 0.0224. The molecule has 0 saturated carbocycles. The van der Waals surface area contributed by atoms with Crippen LogP contribution in [0.2, 0.25) is 0 Å². The maximum absolute atomic E-state index is 9.52. The lowest BCUT2D eigenvalue weighted by atomic mass is 9.80. The van der Waals surface area contributed by atoms with Gasteiger partial charge in [0.1, 0.15) is 0 Å². The van der Waals surface area contributed by atoms with Crippen LogP contribution in [0.3, 0.4) is 0 Å². The Morgan fingerprint density at radius 2 is 1.76 bits per heavy atom. The highest BCUT2D eigenvalue weighted by atomic mass is 16.5. The zero-order valence-corrected chi connectivity index (χ0v) is 10.4. The summed E-state index contributed by atoms with van der Waals surface area (Å²) in [6.45, 7) is 3.14. The van der Waals surface area contributed by atoms with E-state index in [-0.39, 0.29) is 13.2 Å². The summed E-state index contributed by atoms with van der Waals surface area (Å²) in [5.41, 5.74) is 0.656. The Bertz CT molecular complexity index is 294. The average molecular weight is 238 g/mol. The number of hydrogen-bond donors (Lipinski definition) is 2. The van der Waals surface area contributed by atoms with Crippen molar-refractivity contribution >= 4 is 0 Å². The van der Waals surface area contributed by atoms with Crippen LogP contribution < -0.4 is 0 Å². The fraction of sp³-hybridized carbons (Fsp3) is 0.571. The lowest BCUT2D eigenvalue weighted by Crippen LogP contribution is -2.33. The maximum atomic E-state index is 9.52. The van der Waals surface area contributed by atoms with Crippen LogP contribution in [-0.4, -0.2) is 36.6 Å². The first-order chi connectivity index (χ1) is 8.26. The predicted molar refractivity (Wildman–Crippen MR) is 67.9 cm³/mol. The van der Waals surface area contributed by atoms with Gasteiger partial charge < -0.3 is 14.9 Å². The average Bonchev–Trinajstić information content (AvgIpc) is 2.39. The summed E-state index contributed by atoms with van der Waals surface area (Å²) in [7, 11) is 0. The Morgan fingerprint density at radius 1 is 1.12 bits per heavy atom. The van der Waals surface area contributed by atoms with E-state index < -0.39 is 5.41 Å². The third-order valence-electron chi connectivity index (χ3n) is 3.07. The second-order valence-corrected chi connectivity index (χ2v) is 4.43. The third-order valence-corrected chi connectivity index (χ3v) is 3.07. The highest BCUT2D eigenvalue weighted by Gasteiger charge is 2.28. The minimum Gasteiger partial charge on any atom is -0.396 e. The number of benzene rings is 1. The van der Waals surface area contributed by atoms with Gasteiger partial charge in [-0.2, -0.15) is 0 Å². The van der Waals surface area contributed by atoms with Crippen LogP contribution in [0.1, 0.15) is 18.9 Å². The third kappa shape index (κ3) is 4.46.